The Morgan fingerprint density at radius 2 is 2.00 bits per heavy atom. The standard InChI is InChI=1S/C18H29N3O2/c1-15(22)10-13-20(2)18(23)19-16-8-7-9-17(14-16)21-11-5-3-4-6-12-21/h7-9,14-15,22H,3-6,10-13H2,1-2H3,(H,19,23). The Morgan fingerprint density at radius 3 is 2.65 bits per heavy atom. The molecule has 0 spiro atoms. The van der Waals surface area contributed by atoms with Gasteiger partial charge in [-0.25, -0.2) is 4.79 Å². The normalized spacial score (nSPS) is 16.6. The highest BCUT2D eigenvalue weighted by molar-refractivity contribution is 5.89. The molecule has 2 amide bonds. The van der Waals surface area contributed by atoms with E-state index in [9.17, 15) is 9.90 Å². The van der Waals surface area contributed by atoms with Gasteiger partial charge in [0.15, 0.2) is 0 Å². The monoisotopic (exact) mass is 319 g/mol. The maximum atomic E-state index is 12.2. The van der Waals surface area contributed by atoms with Gasteiger partial charge in [-0.05, 0) is 44.4 Å². The number of urea groups is 1. The van der Waals surface area contributed by atoms with Crippen LogP contribution in [0.1, 0.15) is 39.0 Å². The molecule has 23 heavy (non-hydrogen) atoms. The molecular formula is C18H29N3O2. The number of hydrogen-bond acceptors (Lipinski definition) is 3. The second kappa shape index (κ2) is 8.77. The van der Waals surface area contributed by atoms with Gasteiger partial charge in [0.2, 0.25) is 0 Å². The van der Waals surface area contributed by atoms with E-state index in [0.29, 0.717) is 13.0 Å². The van der Waals surface area contributed by atoms with Crippen LogP contribution in [0.3, 0.4) is 0 Å². The predicted molar refractivity (Wildman–Crippen MR) is 95.1 cm³/mol. The molecule has 1 unspecified atom stereocenters. The van der Waals surface area contributed by atoms with E-state index >= 15 is 0 Å². The van der Waals surface area contributed by atoms with E-state index in [1.807, 2.05) is 18.2 Å². The van der Waals surface area contributed by atoms with E-state index in [1.54, 1.807) is 18.9 Å². The molecule has 5 nitrogen and oxygen atoms in total. The summed E-state index contributed by atoms with van der Waals surface area (Å²) in [4.78, 5) is 16.2. The number of carbonyl (C=O) groups is 1. The number of aliphatic hydroxyl groups is 1. The van der Waals surface area contributed by atoms with Crippen molar-refractivity contribution in [3.8, 4) is 0 Å². The summed E-state index contributed by atoms with van der Waals surface area (Å²) < 4.78 is 0. The molecule has 0 radical (unpaired) electrons. The van der Waals surface area contributed by atoms with Crippen LogP contribution in [0, 0.1) is 0 Å². The molecule has 1 heterocycles. The van der Waals surface area contributed by atoms with Crippen LogP contribution in [0.25, 0.3) is 0 Å². The van der Waals surface area contributed by atoms with Gasteiger partial charge in [-0.15, -0.1) is 0 Å². The van der Waals surface area contributed by atoms with Crippen molar-refractivity contribution < 1.29 is 9.90 Å². The number of nitrogens with zero attached hydrogens (tertiary/aromatic N) is 2. The minimum Gasteiger partial charge on any atom is -0.393 e. The van der Waals surface area contributed by atoms with Crippen molar-refractivity contribution in [2.45, 2.75) is 45.1 Å². The summed E-state index contributed by atoms with van der Waals surface area (Å²) in [6.45, 7) is 4.45. The third-order valence-electron chi connectivity index (χ3n) is 4.30. The minimum atomic E-state index is -0.392. The summed E-state index contributed by atoms with van der Waals surface area (Å²) in [5.41, 5.74) is 2.00. The van der Waals surface area contributed by atoms with Crippen LogP contribution in [0.5, 0.6) is 0 Å². The van der Waals surface area contributed by atoms with Crippen molar-refractivity contribution >= 4 is 17.4 Å². The summed E-state index contributed by atoms with van der Waals surface area (Å²) >= 11 is 0. The van der Waals surface area contributed by atoms with Gasteiger partial charge >= 0.3 is 6.03 Å². The molecule has 128 valence electrons. The predicted octanol–water partition coefficient (Wildman–Crippen LogP) is 3.30. The van der Waals surface area contributed by atoms with Crippen molar-refractivity contribution in [3.63, 3.8) is 0 Å². The second-order valence-corrected chi connectivity index (χ2v) is 6.44. The zero-order valence-electron chi connectivity index (χ0n) is 14.3. The molecule has 0 aliphatic carbocycles. The maximum absolute atomic E-state index is 12.2. The highest BCUT2D eigenvalue weighted by atomic mass is 16.3. The van der Waals surface area contributed by atoms with E-state index in [-0.39, 0.29) is 6.03 Å². The average Bonchev–Trinajstić information content (AvgIpc) is 2.82. The molecule has 0 saturated carbocycles. The molecule has 0 aromatic heterocycles. The Bertz CT molecular complexity index is 497. The second-order valence-electron chi connectivity index (χ2n) is 6.44. The molecule has 1 fully saturated rings. The lowest BCUT2D eigenvalue weighted by Crippen LogP contribution is -2.33. The summed E-state index contributed by atoms with van der Waals surface area (Å²) in [5.74, 6) is 0. The Labute approximate surface area is 139 Å². The van der Waals surface area contributed by atoms with Crippen LogP contribution in [0.4, 0.5) is 16.2 Å². The van der Waals surface area contributed by atoms with Gasteiger partial charge < -0.3 is 20.2 Å². The SMILES string of the molecule is CC(O)CCN(C)C(=O)Nc1cccc(N2CCCCCC2)c1. The highest BCUT2D eigenvalue weighted by Gasteiger charge is 2.12. The quantitative estimate of drug-likeness (QED) is 0.875. The zero-order valence-corrected chi connectivity index (χ0v) is 14.3. The number of nitrogens with one attached hydrogen (secondary N) is 1. The summed E-state index contributed by atoms with van der Waals surface area (Å²) in [6.07, 6.45) is 5.27. The molecule has 0 bridgehead atoms. The van der Waals surface area contributed by atoms with Gasteiger partial charge in [-0.1, -0.05) is 18.9 Å². The van der Waals surface area contributed by atoms with E-state index in [2.05, 4.69) is 16.3 Å². The molecule has 1 aliphatic rings. The van der Waals surface area contributed by atoms with E-state index in [0.717, 1.165) is 18.8 Å². The first kappa shape index (κ1) is 17.6. The minimum absolute atomic E-state index is 0.140. The van der Waals surface area contributed by atoms with Gasteiger partial charge in [-0.2, -0.15) is 0 Å². The lowest BCUT2D eigenvalue weighted by Gasteiger charge is -2.24. The van der Waals surface area contributed by atoms with Gasteiger partial charge in [0.05, 0.1) is 6.10 Å². The van der Waals surface area contributed by atoms with Gasteiger partial charge in [0.25, 0.3) is 0 Å². The van der Waals surface area contributed by atoms with Crippen LogP contribution >= 0.6 is 0 Å². The van der Waals surface area contributed by atoms with Crippen molar-refractivity contribution in [3.05, 3.63) is 24.3 Å². The molecule has 1 atom stereocenters. The first-order valence-electron chi connectivity index (χ1n) is 8.61. The van der Waals surface area contributed by atoms with Gasteiger partial charge in [-0.3, -0.25) is 0 Å². The Hall–Kier alpha value is -1.75. The van der Waals surface area contributed by atoms with Crippen molar-refractivity contribution in [2.75, 3.05) is 36.9 Å². The number of rotatable bonds is 5. The van der Waals surface area contributed by atoms with E-state index < -0.39 is 6.10 Å². The first-order chi connectivity index (χ1) is 11.1. The van der Waals surface area contributed by atoms with E-state index in [4.69, 9.17) is 0 Å². The third kappa shape index (κ3) is 5.75. The largest absolute Gasteiger partial charge is 0.393 e. The average molecular weight is 319 g/mol. The molecular weight excluding hydrogens is 290 g/mol. The van der Waals surface area contributed by atoms with Crippen LogP contribution in [0.15, 0.2) is 24.3 Å². The lowest BCUT2D eigenvalue weighted by atomic mass is 10.2. The van der Waals surface area contributed by atoms with Crippen LogP contribution in [-0.2, 0) is 0 Å². The number of anilines is 2. The fourth-order valence-corrected chi connectivity index (χ4v) is 2.81. The molecule has 5 heteroatoms. The van der Waals surface area contributed by atoms with Gasteiger partial charge in [0.1, 0.15) is 0 Å². The van der Waals surface area contributed by atoms with Gasteiger partial charge in [0, 0.05) is 38.1 Å². The van der Waals surface area contributed by atoms with E-state index in [1.165, 1.54) is 31.4 Å². The molecule has 1 aromatic rings. The zero-order chi connectivity index (χ0) is 16.7. The number of hydrogen-bond donors (Lipinski definition) is 2. The Kier molecular flexibility index (Phi) is 6.71. The fourth-order valence-electron chi connectivity index (χ4n) is 2.81. The number of carbonyl (C=O) groups excluding carboxylic acids is 1. The summed E-state index contributed by atoms with van der Waals surface area (Å²) in [7, 11) is 1.75. The molecule has 1 aliphatic heterocycles. The molecule has 1 aromatic carbocycles. The highest BCUT2D eigenvalue weighted by Crippen LogP contribution is 2.23. The van der Waals surface area contributed by atoms with Crippen molar-refractivity contribution in [1.82, 2.24) is 4.90 Å². The van der Waals surface area contributed by atoms with Crippen LogP contribution in [0.2, 0.25) is 0 Å². The van der Waals surface area contributed by atoms with Crippen molar-refractivity contribution in [2.24, 2.45) is 0 Å². The summed E-state index contributed by atoms with van der Waals surface area (Å²) in [5, 5.41) is 12.3. The molecule has 2 N–H and O–H groups in total. The van der Waals surface area contributed by atoms with Crippen molar-refractivity contribution in [1.29, 1.82) is 0 Å². The maximum Gasteiger partial charge on any atom is 0.321 e. The summed E-state index contributed by atoms with van der Waals surface area (Å²) in [6, 6.07) is 7.93. The first-order valence-corrected chi connectivity index (χ1v) is 8.61. The Balaban J connectivity index is 1.95. The Morgan fingerprint density at radius 1 is 1.30 bits per heavy atom. The lowest BCUT2D eigenvalue weighted by molar-refractivity contribution is 0.167. The van der Waals surface area contributed by atoms with Crippen LogP contribution in [-0.4, -0.2) is 48.8 Å². The molecule has 2 rings (SSSR count). The number of amides is 2. The molecule has 1 saturated heterocycles. The topological polar surface area (TPSA) is 55.8 Å². The van der Waals surface area contributed by atoms with Crippen LogP contribution < -0.4 is 10.2 Å². The number of benzene rings is 1. The smallest absolute Gasteiger partial charge is 0.321 e. The number of aliphatic hydroxyl groups excluding tert-OH is 1. The fraction of sp³-hybridized carbons (Fsp3) is 0.611. The third-order valence-corrected chi connectivity index (χ3v) is 4.30.